The molecule has 0 aliphatic heterocycles. The van der Waals surface area contributed by atoms with Crippen LogP contribution in [0, 0.1) is 0 Å². The molecule has 0 bridgehead atoms. The van der Waals surface area contributed by atoms with Crippen LogP contribution in [0.4, 0.5) is 0 Å². The molecule has 0 spiro atoms. The highest BCUT2D eigenvalue weighted by molar-refractivity contribution is 7.15. The van der Waals surface area contributed by atoms with Crippen molar-refractivity contribution in [3.63, 3.8) is 0 Å². The van der Waals surface area contributed by atoms with Gasteiger partial charge < -0.3 is 13.9 Å². The monoisotopic (exact) mass is 380 g/mol. The quantitative estimate of drug-likeness (QED) is 0.462. The predicted molar refractivity (Wildman–Crippen MR) is 103 cm³/mol. The van der Waals surface area contributed by atoms with Crippen LogP contribution in [0.1, 0.15) is 15.2 Å². The summed E-state index contributed by atoms with van der Waals surface area (Å²) in [4.78, 5) is 23.0. The van der Waals surface area contributed by atoms with Gasteiger partial charge >= 0.3 is 0 Å². The molecule has 0 radical (unpaired) electrons. The number of Topliss-reactive ketones (excluding diaryl/α,β-unsaturated/α-hetero) is 1. The van der Waals surface area contributed by atoms with Crippen molar-refractivity contribution in [2.75, 3.05) is 14.2 Å². The Labute approximate surface area is 159 Å². The maximum atomic E-state index is 12.7. The van der Waals surface area contributed by atoms with E-state index in [4.69, 9.17) is 13.9 Å². The van der Waals surface area contributed by atoms with Crippen LogP contribution in [0.25, 0.3) is 21.9 Å². The van der Waals surface area contributed by atoms with E-state index in [-0.39, 0.29) is 12.2 Å². The summed E-state index contributed by atoms with van der Waals surface area (Å²) in [6.07, 6.45) is 3.60. The predicted octanol–water partition coefficient (Wildman–Crippen LogP) is 4.39. The molecule has 27 heavy (non-hydrogen) atoms. The fraction of sp³-hybridized carbons (Fsp3) is 0.150. The second-order valence-electron chi connectivity index (χ2n) is 5.83. The third-order valence-electron chi connectivity index (χ3n) is 4.07. The number of aromatic nitrogens is 2. The molecule has 0 saturated heterocycles. The van der Waals surface area contributed by atoms with Crippen LogP contribution in [0.2, 0.25) is 0 Å². The Balaban J connectivity index is 1.56. The van der Waals surface area contributed by atoms with E-state index in [0.29, 0.717) is 28.5 Å². The van der Waals surface area contributed by atoms with E-state index >= 15 is 0 Å². The number of benzene rings is 1. The number of ether oxygens (including phenoxy) is 2. The summed E-state index contributed by atoms with van der Waals surface area (Å²) in [6.45, 7) is 0. The van der Waals surface area contributed by atoms with E-state index < -0.39 is 0 Å². The molecule has 0 amide bonds. The number of oxazole rings is 1. The highest BCUT2D eigenvalue weighted by Gasteiger charge is 2.15. The first-order valence-corrected chi connectivity index (χ1v) is 9.04. The molecule has 136 valence electrons. The fourth-order valence-electron chi connectivity index (χ4n) is 2.70. The zero-order valence-corrected chi connectivity index (χ0v) is 15.6. The third-order valence-corrected chi connectivity index (χ3v) is 5.15. The molecule has 0 unspecified atom stereocenters. The highest BCUT2D eigenvalue weighted by atomic mass is 32.1. The van der Waals surface area contributed by atoms with Crippen molar-refractivity contribution in [1.29, 1.82) is 0 Å². The first kappa shape index (κ1) is 17.2. The second kappa shape index (κ2) is 7.20. The fourth-order valence-corrected chi connectivity index (χ4v) is 3.63. The van der Waals surface area contributed by atoms with Gasteiger partial charge in [-0.15, -0.1) is 11.3 Å². The van der Waals surface area contributed by atoms with Gasteiger partial charge in [-0.3, -0.25) is 9.78 Å². The maximum Gasteiger partial charge on any atom is 0.237 e. The van der Waals surface area contributed by atoms with Crippen molar-refractivity contribution in [2.45, 2.75) is 6.42 Å². The summed E-state index contributed by atoms with van der Waals surface area (Å²) in [6, 6.07) is 10.8. The number of thiophene rings is 1. The molecule has 0 fully saturated rings. The lowest BCUT2D eigenvalue weighted by molar-refractivity contribution is 0.0993. The number of hydrogen-bond donors (Lipinski definition) is 0. The highest BCUT2D eigenvalue weighted by Crippen LogP contribution is 2.31. The zero-order chi connectivity index (χ0) is 18.8. The van der Waals surface area contributed by atoms with Crippen LogP contribution < -0.4 is 9.47 Å². The number of nitrogens with zero attached hydrogens (tertiary/aromatic N) is 2. The van der Waals surface area contributed by atoms with Gasteiger partial charge in [0.05, 0.1) is 25.3 Å². The lowest BCUT2D eigenvalue weighted by Gasteiger charge is -2.07. The number of methoxy groups -OCH3 is 2. The smallest absolute Gasteiger partial charge is 0.237 e. The number of pyridine rings is 1. The van der Waals surface area contributed by atoms with Gasteiger partial charge in [-0.2, -0.15) is 0 Å². The number of ketones is 1. The average molecular weight is 380 g/mol. The molecule has 4 rings (SSSR count). The Kier molecular flexibility index (Phi) is 4.60. The van der Waals surface area contributed by atoms with Gasteiger partial charge in [-0.1, -0.05) is 0 Å². The second-order valence-corrected chi connectivity index (χ2v) is 7.00. The topological polar surface area (TPSA) is 74.5 Å². The van der Waals surface area contributed by atoms with E-state index in [0.717, 1.165) is 15.3 Å². The van der Waals surface area contributed by atoms with Gasteiger partial charge in [0.2, 0.25) is 5.89 Å². The van der Waals surface area contributed by atoms with Crippen molar-refractivity contribution >= 4 is 28.2 Å². The minimum atomic E-state index is -0.0117. The molecule has 0 aliphatic rings. The summed E-state index contributed by atoms with van der Waals surface area (Å²) in [5, 5.41) is 0. The summed E-state index contributed by atoms with van der Waals surface area (Å²) >= 11 is 1.48. The first-order valence-electron chi connectivity index (χ1n) is 8.22. The van der Waals surface area contributed by atoms with Crippen LogP contribution in [-0.2, 0) is 6.42 Å². The lowest BCUT2D eigenvalue weighted by Crippen LogP contribution is -2.03. The molecule has 7 heteroatoms. The van der Waals surface area contributed by atoms with E-state index in [1.165, 1.54) is 11.3 Å². The molecule has 0 aliphatic carbocycles. The van der Waals surface area contributed by atoms with Gasteiger partial charge in [-0.25, -0.2) is 4.98 Å². The van der Waals surface area contributed by atoms with Crippen molar-refractivity contribution in [2.24, 2.45) is 0 Å². The number of fused-ring (bicyclic) bond motifs is 1. The normalized spacial score (nSPS) is 10.9. The number of hydrogen-bond acceptors (Lipinski definition) is 7. The molecule has 0 N–H and O–H groups in total. The minimum absolute atomic E-state index is 0.0117. The van der Waals surface area contributed by atoms with Gasteiger partial charge in [0.15, 0.2) is 11.4 Å². The van der Waals surface area contributed by atoms with Crippen molar-refractivity contribution in [3.05, 3.63) is 59.2 Å². The molecule has 6 nitrogen and oxygen atoms in total. The molecular weight excluding hydrogens is 364 g/mol. The largest absolute Gasteiger partial charge is 0.497 e. The Morgan fingerprint density at radius 3 is 2.59 bits per heavy atom. The standard InChI is InChI=1S/C20H16N2O4S/c1-24-13-7-12(8-14(9-13)25-2)17(23)10-15-3-4-19(27-15)20-22-16-5-6-21-11-18(16)26-20/h3-9,11H,10H2,1-2H3. The number of carbonyl (C=O) groups is 1. The van der Waals surface area contributed by atoms with Crippen molar-refractivity contribution < 1.29 is 18.7 Å². The molecular formula is C20H16N2O4S. The SMILES string of the molecule is COc1cc(OC)cc(C(=O)Cc2ccc(-c3nc4ccncc4o3)s2)c1. The maximum absolute atomic E-state index is 12.7. The zero-order valence-electron chi connectivity index (χ0n) is 14.8. The van der Waals surface area contributed by atoms with E-state index in [9.17, 15) is 4.79 Å². The first-order chi connectivity index (χ1) is 13.2. The summed E-state index contributed by atoms with van der Waals surface area (Å²) in [7, 11) is 3.12. The summed E-state index contributed by atoms with van der Waals surface area (Å²) < 4.78 is 16.2. The summed E-state index contributed by atoms with van der Waals surface area (Å²) in [5.74, 6) is 1.70. The lowest BCUT2D eigenvalue weighted by atomic mass is 10.1. The van der Waals surface area contributed by atoms with E-state index in [1.54, 1.807) is 50.9 Å². The van der Waals surface area contributed by atoms with Gasteiger partial charge in [0, 0.05) is 29.1 Å². The Bertz CT molecular complexity index is 1060. The Morgan fingerprint density at radius 2 is 1.89 bits per heavy atom. The minimum Gasteiger partial charge on any atom is -0.497 e. The number of carbonyl (C=O) groups excluding carboxylic acids is 1. The molecule has 1 aromatic carbocycles. The Morgan fingerprint density at radius 1 is 1.11 bits per heavy atom. The van der Waals surface area contributed by atoms with E-state index in [2.05, 4.69) is 9.97 Å². The van der Waals surface area contributed by atoms with E-state index in [1.807, 2.05) is 12.1 Å². The van der Waals surface area contributed by atoms with Gasteiger partial charge in [0.1, 0.15) is 17.0 Å². The van der Waals surface area contributed by atoms with Gasteiger partial charge in [-0.05, 0) is 30.3 Å². The molecule has 3 heterocycles. The molecule has 4 aromatic rings. The Hall–Kier alpha value is -3.19. The summed E-state index contributed by atoms with van der Waals surface area (Å²) in [5.41, 5.74) is 1.95. The van der Waals surface area contributed by atoms with Gasteiger partial charge in [0.25, 0.3) is 0 Å². The van der Waals surface area contributed by atoms with Crippen LogP contribution >= 0.6 is 11.3 Å². The number of rotatable bonds is 6. The average Bonchev–Trinajstić information content (AvgIpc) is 3.34. The molecule has 0 atom stereocenters. The molecule has 3 aromatic heterocycles. The van der Waals surface area contributed by atoms with Crippen LogP contribution in [-0.4, -0.2) is 30.0 Å². The van der Waals surface area contributed by atoms with Crippen molar-refractivity contribution in [3.8, 4) is 22.3 Å². The van der Waals surface area contributed by atoms with Crippen LogP contribution in [0.15, 0.2) is 53.2 Å². The van der Waals surface area contributed by atoms with Crippen molar-refractivity contribution in [1.82, 2.24) is 9.97 Å². The van der Waals surface area contributed by atoms with Crippen LogP contribution in [0.5, 0.6) is 11.5 Å². The molecule has 0 saturated carbocycles. The third kappa shape index (κ3) is 3.54. The van der Waals surface area contributed by atoms with Crippen LogP contribution in [0.3, 0.4) is 0 Å².